The summed E-state index contributed by atoms with van der Waals surface area (Å²) in [5.41, 5.74) is 0. The van der Waals surface area contributed by atoms with E-state index in [-0.39, 0.29) is 10.8 Å². The maximum atomic E-state index is 9.13. The van der Waals surface area contributed by atoms with Crippen LogP contribution in [-0.2, 0) is 0 Å². The first kappa shape index (κ1) is 6.00. The third-order valence-corrected chi connectivity index (χ3v) is 3.28. The Morgan fingerprint density at radius 3 is 2.80 bits per heavy atom. The molecule has 2 heterocycles. The molecule has 0 atom stereocenters. The van der Waals surface area contributed by atoms with Crippen molar-refractivity contribution in [1.29, 1.82) is 0 Å². The van der Waals surface area contributed by atoms with Gasteiger partial charge >= 0.3 is 0 Å². The van der Waals surface area contributed by atoms with Gasteiger partial charge in [0, 0.05) is 16.8 Å². The van der Waals surface area contributed by atoms with E-state index in [4.69, 9.17) is 10.2 Å². The molecule has 0 saturated carbocycles. The molecule has 52 valence electrons. The van der Waals surface area contributed by atoms with Crippen LogP contribution >= 0.6 is 22.7 Å². The average Bonchev–Trinajstić information content (AvgIpc) is 2.35. The normalized spacial score (nSPS) is 10.8. The van der Waals surface area contributed by atoms with E-state index in [0.29, 0.717) is 0 Å². The molecule has 0 aliphatic rings. The van der Waals surface area contributed by atoms with Gasteiger partial charge in [0.25, 0.3) is 0 Å². The third kappa shape index (κ3) is 0.693. The van der Waals surface area contributed by atoms with Crippen LogP contribution in [0.2, 0.25) is 0 Å². The van der Waals surface area contributed by atoms with Crippen molar-refractivity contribution in [2.45, 2.75) is 0 Å². The molecule has 0 radical (unpaired) electrons. The summed E-state index contributed by atoms with van der Waals surface area (Å²) in [7, 11) is 0. The zero-order valence-corrected chi connectivity index (χ0v) is 6.50. The summed E-state index contributed by atoms with van der Waals surface area (Å²) in [6, 6.07) is 1.58. The smallest absolute Gasteiger partial charge is 0.173 e. The molecule has 0 amide bonds. The molecule has 2 N–H and O–H groups in total. The van der Waals surface area contributed by atoms with Crippen LogP contribution in [0.5, 0.6) is 10.8 Å². The van der Waals surface area contributed by atoms with Gasteiger partial charge in [-0.2, -0.15) is 0 Å². The Bertz CT molecular complexity index is 361. The Balaban J connectivity index is 2.90. The van der Waals surface area contributed by atoms with Crippen LogP contribution in [0.1, 0.15) is 0 Å². The van der Waals surface area contributed by atoms with E-state index in [1.807, 2.05) is 0 Å². The highest BCUT2D eigenvalue weighted by molar-refractivity contribution is 7.38. The first-order valence-electron chi connectivity index (χ1n) is 2.66. The van der Waals surface area contributed by atoms with Crippen molar-refractivity contribution >= 4 is 32.1 Å². The highest BCUT2D eigenvalue weighted by Crippen LogP contribution is 2.40. The van der Waals surface area contributed by atoms with Crippen LogP contribution in [0.4, 0.5) is 0 Å². The molecule has 0 spiro atoms. The molecule has 0 saturated heterocycles. The molecular formula is C6H4O2S2. The fourth-order valence-corrected chi connectivity index (χ4v) is 2.67. The van der Waals surface area contributed by atoms with E-state index in [2.05, 4.69) is 0 Å². The Labute approximate surface area is 65.0 Å². The highest BCUT2D eigenvalue weighted by atomic mass is 32.2. The quantitative estimate of drug-likeness (QED) is 0.640. The van der Waals surface area contributed by atoms with Crippen molar-refractivity contribution in [2.75, 3.05) is 0 Å². The Kier molecular flexibility index (Phi) is 1.12. The minimum absolute atomic E-state index is 0.261. The Morgan fingerprint density at radius 1 is 1.30 bits per heavy atom. The molecule has 2 aromatic heterocycles. The summed E-state index contributed by atoms with van der Waals surface area (Å²) in [4.78, 5) is 0. The van der Waals surface area contributed by atoms with E-state index < -0.39 is 0 Å². The van der Waals surface area contributed by atoms with Crippen molar-refractivity contribution in [3.8, 4) is 10.8 Å². The second-order valence-electron chi connectivity index (χ2n) is 1.91. The Hall–Kier alpha value is -0.740. The molecule has 0 aliphatic carbocycles. The van der Waals surface area contributed by atoms with Crippen LogP contribution in [-0.4, -0.2) is 10.2 Å². The van der Waals surface area contributed by atoms with Gasteiger partial charge in [0.15, 0.2) is 5.06 Å². The lowest BCUT2D eigenvalue weighted by atomic mass is 10.4. The molecule has 0 aliphatic heterocycles. The lowest BCUT2D eigenvalue weighted by Crippen LogP contribution is -1.50. The van der Waals surface area contributed by atoms with E-state index in [0.717, 1.165) is 9.40 Å². The minimum Gasteiger partial charge on any atom is -0.506 e. The number of hydrogen-bond acceptors (Lipinski definition) is 4. The standard InChI is InChI=1S/C6H4O2S2/c7-4-2-9-6-3(4)1-5(8)10-6/h1-2,7-8H. The predicted molar refractivity (Wildman–Crippen MR) is 43.0 cm³/mol. The molecule has 0 fully saturated rings. The van der Waals surface area contributed by atoms with Gasteiger partial charge in [0.1, 0.15) is 5.75 Å². The van der Waals surface area contributed by atoms with Gasteiger partial charge in [-0.05, 0) is 0 Å². The van der Waals surface area contributed by atoms with Crippen LogP contribution in [0.15, 0.2) is 11.4 Å². The molecule has 0 bridgehead atoms. The number of thiophene rings is 2. The summed E-state index contributed by atoms with van der Waals surface area (Å²) in [6.07, 6.45) is 0. The maximum absolute atomic E-state index is 9.13. The van der Waals surface area contributed by atoms with Crippen molar-refractivity contribution < 1.29 is 10.2 Å². The zero-order chi connectivity index (χ0) is 7.14. The van der Waals surface area contributed by atoms with Crippen LogP contribution in [0.25, 0.3) is 9.40 Å². The van der Waals surface area contributed by atoms with Gasteiger partial charge in [-0.15, -0.1) is 11.3 Å². The highest BCUT2D eigenvalue weighted by Gasteiger charge is 2.05. The fraction of sp³-hybridized carbons (Fsp3) is 0. The summed E-state index contributed by atoms with van der Waals surface area (Å²) >= 11 is 2.73. The monoisotopic (exact) mass is 172 g/mol. The summed E-state index contributed by atoms with van der Waals surface area (Å²) < 4.78 is 0.968. The first-order valence-corrected chi connectivity index (χ1v) is 4.36. The fourth-order valence-electron chi connectivity index (χ4n) is 0.801. The molecule has 2 nitrogen and oxygen atoms in total. The summed E-state index contributed by atoms with van der Waals surface area (Å²) in [5.74, 6) is 0.261. The van der Waals surface area contributed by atoms with E-state index in [1.54, 1.807) is 11.4 Å². The van der Waals surface area contributed by atoms with Crippen LogP contribution in [0.3, 0.4) is 0 Å². The predicted octanol–water partition coefficient (Wildman–Crippen LogP) is 2.37. The maximum Gasteiger partial charge on any atom is 0.173 e. The molecule has 4 heteroatoms. The Morgan fingerprint density at radius 2 is 2.10 bits per heavy atom. The van der Waals surface area contributed by atoms with Crippen LogP contribution < -0.4 is 0 Å². The van der Waals surface area contributed by atoms with Gasteiger partial charge in [-0.25, -0.2) is 0 Å². The van der Waals surface area contributed by atoms with Gasteiger partial charge < -0.3 is 10.2 Å². The SMILES string of the molecule is Oc1cc2c(O)csc2s1. The first-order chi connectivity index (χ1) is 4.77. The average molecular weight is 172 g/mol. The largest absolute Gasteiger partial charge is 0.506 e. The van der Waals surface area contributed by atoms with E-state index in [9.17, 15) is 0 Å². The number of fused-ring (bicyclic) bond motifs is 1. The summed E-state index contributed by atoms with van der Waals surface area (Å²) in [6.45, 7) is 0. The van der Waals surface area contributed by atoms with Crippen molar-refractivity contribution in [1.82, 2.24) is 0 Å². The third-order valence-electron chi connectivity index (χ3n) is 1.24. The molecule has 0 aromatic carbocycles. The molecule has 2 aromatic rings. The second-order valence-corrected chi connectivity index (χ2v) is 4.08. The second kappa shape index (κ2) is 1.87. The zero-order valence-electron chi connectivity index (χ0n) is 4.87. The van der Waals surface area contributed by atoms with E-state index >= 15 is 0 Å². The number of hydrogen-bond donors (Lipinski definition) is 2. The molecule has 2 rings (SSSR count). The number of aromatic hydroxyl groups is 2. The molecule has 0 unspecified atom stereocenters. The van der Waals surface area contributed by atoms with Gasteiger partial charge in [0.2, 0.25) is 0 Å². The van der Waals surface area contributed by atoms with Crippen molar-refractivity contribution in [3.05, 3.63) is 11.4 Å². The molecular weight excluding hydrogens is 168 g/mol. The topological polar surface area (TPSA) is 40.5 Å². The van der Waals surface area contributed by atoms with Crippen molar-refractivity contribution in [3.63, 3.8) is 0 Å². The number of rotatable bonds is 0. The van der Waals surface area contributed by atoms with Gasteiger partial charge in [0.05, 0.1) is 4.01 Å². The van der Waals surface area contributed by atoms with Gasteiger partial charge in [-0.1, -0.05) is 11.3 Å². The minimum atomic E-state index is 0.261. The summed E-state index contributed by atoms with van der Waals surface area (Å²) in [5, 5.41) is 20.8. The molecule has 10 heavy (non-hydrogen) atoms. The van der Waals surface area contributed by atoms with Gasteiger partial charge in [-0.3, -0.25) is 0 Å². The lowest BCUT2D eigenvalue weighted by Gasteiger charge is -1.77. The lowest BCUT2D eigenvalue weighted by molar-refractivity contribution is 0.481. The van der Waals surface area contributed by atoms with Crippen molar-refractivity contribution in [2.24, 2.45) is 0 Å². The van der Waals surface area contributed by atoms with E-state index in [1.165, 1.54) is 22.7 Å². The van der Waals surface area contributed by atoms with Crippen LogP contribution in [0, 0.1) is 0 Å².